The molecular formula is C15H14Cl2N4O3. The summed E-state index contributed by atoms with van der Waals surface area (Å²) < 4.78 is 1.33. The van der Waals surface area contributed by atoms with E-state index < -0.39 is 12.0 Å². The number of hydrogen-bond acceptors (Lipinski definition) is 4. The molecule has 0 spiro atoms. The smallest absolute Gasteiger partial charge is 0.272 e. The predicted octanol–water partition coefficient (Wildman–Crippen LogP) is 1.22. The van der Waals surface area contributed by atoms with Gasteiger partial charge in [-0.25, -0.2) is 0 Å². The van der Waals surface area contributed by atoms with Crippen LogP contribution in [0.25, 0.3) is 0 Å². The topological polar surface area (TPSA) is 96.2 Å². The monoisotopic (exact) mass is 368 g/mol. The summed E-state index contributed by atoms with van der Waals surface area (Å²) in [7, 11) is 0. The van der Waals surface area contributed by atoms with Gasteiger partial charge in [-0.2, -0.15) is 5.10 Å². The van der Waals surface area contributed by atoms with Crippen molar-refractivity contribution < 1.29 is 14.7 Å². The van der Waals surface area contributed by atoms with Crippen molar-refractivity contribution in [3.63, 3.8) is 0 Å². The standard InChI is InChI=1S/C15H14Cl2N4O3/c16-10-3-1-2-8(13(10)17)5-18-14(23)11-4-12-15(24)19-6-9(22)7-21(12)20-11/h1-4,9,22H,5-7H2,(H,18,23)(H,19,24)/t9-/m1/s1. The molecule has 0 unspecified atom stereocenters. The quantitative estimate of drug-likeness (QED) is 0.758. The van der Waals surface area contributed by atoms with Crippen molar-refractivity contribution in [2.45, 2.75) is 19.2 Å². The fourth-order valence-electron chi connectivity index (χ4n) is 2.37. The molecule has 3 rings (SSSR count). The van der Waals surface area contributed by atoms with Crippen molar-refractivity contribution in [2.24, 2.45) is 0 Å². The first kappa shape index (κ1) is 16.8. The zero-order chi connectivity index (χ0) is 17.3. The number of fused-ring (bicyclic) bond motifs is 1. The fraction of sp³-hybridized carbons (Fsp3) is 0.267. The molecule has 1 aliphatic rings. The van der Waals surface area contributed by atoms with Gasteiger partial charge in [0, 0.05) is 19.2 Å². The van der Waals surface area contributed by atoms with Crippen LogP contribution in [0.1, 0.15) is 26.5 Å². The van der Waals surface area contributed by atoms with Crippen molar-refractivity contribution in [1.29, 1.82) is 0 Å². The highest BCUT2D eigenvalue weighted by molar-refractivity contribution is 6.42. The number of rotatable bonds is 3. The number of aliphatic hydroxyl groups excluding tert-OH is 1. The Kier molecular flexibility index (Phi) is 4.75. The van der Waals surface area contributed by atoms with Crippen LogP contribution in [0.2, 0.25) is 10.0 Å². The van der Waals surface area contributed by atoms with E-state index in [1.54, 1.807) is 18.2 Å². The second kappa shape index (κ2) is 6.80. The predicted molar refractivity (Wildman–Crippen MR) is 88.2 cm³/mol. The van der Waals surface area contributed by atoms with Crippen LogP contribution in [0.15, 0.2) is 24.3 Å². The number of aliphatic hydroxyl groups is 1. The minimum Gasteiger partial charge on any atom is -0.389 e. The highest BCUT2D eigenvalue weighted by Gasteiger charge is 2.24. The summed E-state index contributed by atoms with van der Waals surface area (Å²) in [5.74, 6) is -0.829. The third-order valence-corrected chi connectivity index (χ3v) is 4.46. The Labute approximate surface area is 147 Å². The summed E-state index contributed by atoms with van der Waals surface area (Å²) in [6.07, 6.45) is -0.753. The average Bonchev–Trinajstić information content (AvgIpc) is 2.92. The van der Waals surface area contributed by atoms with Crippen molar-refractivity contribution in [3.05, 3.63) is 51.3 Å². The van der Waals surface area contributed by atoms with Gasteiger partial charge in [0.1, 0.15) is 5.69 Å². The molecular weight excluding hydrogens is 355 g/mol. The van der Waals surface area contributed by atoms with E-state index in [1.807, 2.05) is 0 Å². The van der Waals surface area contributed by atoms with Crippen molar-refractivity contribution in [1.82, 2.24) is 20.4 Å². The Balaban J connectivity index is 1.74. The lowest BCUT2D eigenvalue weighted by Crippen LogP contribution is -2.30. The average molecular weight is 369 g/mol. The van der Waals surface area contributed by atoms with Gasteiger partial charge in [0.25, 0.3) is 11.8 Å². The number of halogens is 2. The molecule has 1 aliphatic heterocycles. The molecule has 2 aromatic rings. The second-order valence-corrected chi connectivity index (χ2v) is 6.14. The number of benzene rings is 1. The SMILES string of the molecule is O=C(NCc1cccc(Cl)c1Cl)c1cc2n(n1)C[C@H](O)CNC2=O. The van der Waals surface area contributed by atoms with Gasteiger partial charge in [-0.15, -0.1) is 0 Å². The first-order valence-corrected chi connectivity index (χ1v) is 7.96. The molecule has 9 heteroatoms. The van der Waals surface area contributed by atoms with E-state index in [1.165, 1.54) is 10.7 Å². The molecule has 0 radical (unpaired) electrons. The fourth-order valence-corrected chi connectivity index (χ4v) is 2.75. The maximum atomic E-state index is 12.2. The minimum absolute atomic E-state index is 0.0902. The van der Waals surface area contributed by atoms with Gasteiger partial charge in [-0.3, -0.25) is 14.3 Å². The molecule has 1 atom stereocenters. The van der Waals surface area contributed by atoms with Gasteiger partial charge in [-0.1, -0.05) is 35.3 Å². The number of hydrogen-bond donors (Lipinski definition) is 3. The molecule has 24 heavy (non-hydrogen) atoms. The number of carbonyl (C=O) groups excluding carboxylic acids is 2. The first-order chi connectivity index (χ1) is 11.5. The van der Waals surface area contributed by atoms with E-state index in [0.717, 1.165) is 0 Å². The second-order valence-electron chi connectivity index (χ2n) is 5.36. The van der Waals surface area contributed by atoms with Crippen LogP contribution in [0.5, 0.6) is 0 Å². The summed E-state index contributed by atoms with van der Waals surface area (Å²) >= 11 is 12.0. The molecule has 0 saturated heterocycles. The van der Waals surface area contributed by atoms with Crippen LogP contribution in [-0.2, 0) is 13.1 Å². The molecule has 0 saturated carbocycles. The van der Waals surface area contributed by atoms with E-state index in [2.05, 4.69) is 15.7 Å². The van der Waals surface area contributed by atoms with Crippen molar-refractivity contribution >= 4 is 35.0 Å². The van der Waals surface area contributed by atoms with Crippen molar-refractivity contribution in [2.75, 3.05) is 6.54 Å². The molecule has 0 aliphatic carbocycles. The summed E-state index contributed by atoms with van der Waals surface area (Å²) in [4.78, 5) is 24.2. The zero-order valence-corrected chi connectivity index (χ0v) is 13.9. The number of carbonyl (C=O) groups is 2. The Morgan fingerprint density at radius 3 is 3.04 bits per heavy atom. The first-order valence-electron chi connectivity index (χ1n) is 7.21. The number of β-amino-alcohol motifs (C(OH)–C–C–N with tert-alkyl or cyclic N) is 1. The van der Waals surface area contributed by atoms with Crippen LogP contribution < -0.4 is 10.6 Å². The van der Waals surface area contributed by atoms with Gasteiger partial charge in [0.05, 0.1) is 22.7 Å². The van der Waals surface area contributed by atoms with Gasteiger partial charge in [-0.05, 0) is 11.6 Å². The summed E-state index contributed by atoms with van der Waals surface area (Å²) in [5.41, 5.74) is 0.997. The number of amides is 2. The molecule has 2 heterocycles. The van der Waals surface area contributed by atoms with E-state index in [9.17, 15) is 14.7 Å². The van der Waals surface area contributed by atoms with Crippen LogP contribution in [0.4, 0.5) is 0 Å². The maximum absolute atomic E-state index is 12.2. The lowest BCUT2D eigenvalue weighted by Gasteiger charge is -2.07. The Bertz CT molecular complexity index is 806. The van der Waals surface area contributed by atoms with Gasteiger partial charge < -0.3 is 15.7 Å². The number of aromatic nitrogens is 2. The van der Waals surface area contributed by atoms with Crippen LogP contribution in [0, 0.1) is 0 Å². The van der Waals surface area contributed by atoms with E-state index in [-0.39, 0.29) is 36.9 Å². The molecule has 7 nitrogen and oxygen atoms in total. The lowest BCUT2D eigenvalue weighted by molar-refractivity contribution is 0.0931. The molecule has 3 N–H and O–H groups in total. The molecule has 126 valence electrons. The highest BCUT2D eigenvalue weighted by Crippen LogP contribution is 2.25. The Morgan fingerprint density at radius 1 is 1.46 bits per heavy atom. The number of nitrogens with one attached hydrogen (secondary N) is 2. The highest BCUT2D eigenvalue weighted by atomic mass is 35.5. The third-order valence-electron chi connectivity index (χ3n) is 3.60. The van der Waals surface area contributed by atoms with E-state index in [4.69, 9.17) is 23.2 Å². The van der Waals surface area contributed by atoms with E-state index >= 15 is 0 Å². The molecule has 1 aromatic heterocycles. The van der Waals surface area contributed by atoms with Gasteiger partial charge in [0.2, 0.25) is 0 Å². The molecule has 0 bridgehead atoms. The van der Waals surface area contributed by atoms with Crippen LogP contribution in [-0.4, -0.2) is 39.4 Å². The van der Waals surface area contributed by atoms with Gasteiger partial charge >= 0.3 is 0 Å². The Morgan fingerprint density at radius 2 is 2.25 bits per heavy atom. The zero-order valence-electron chi connectivity index (χ0n) is 12.4. The summed E-state index contributed by atoms with van der Waals surface area (Å²) in [6, 6.07) is 6.54. The summed E-state index contributed by atoms with van der Waals surface area (Å²) in [6.45, 7) is 0.466. The minimum atomic E-state index is -0.753. The Hall–Kier alpha value is -2.09. The van der Waals surface area contributed by atoms with E-state index in [0.29, 0.717) is 15.6 Å². The third kappa shape index (κ3) is 3.38. The maximum Gasteiger partial charge on any atom is 0.272 e. The largest absolute Gasteiger partial charge is 0.389 e. The van der Waals surface area contributed by atoms with Crippen LogP contribution >= 0.6 is 23.2 Å². The molecule has 0 fully saturated rings. The number of nitrogens with zero attached hydrogens (tertiary/aromatic N) is 2. The molecule has 1 aromatic carbocycles. The molecule has 2 amide bonds. The lowest BCUT2D eigenvalue weighted by atomic mass is 10.2. The summed E-state index contributed by atoms with van der Waals surface area (Å²) in [5, 5.41) is 19.8. The van der Waals surface area contributed by atoms with Crippen LogP contribution in [0.3, 0.4) is 0 Å². The van der Waals surface area contributed by atoms with Gasteiger partial charge in [0.15, 0.2) is 5.69 Å². The normalized spacial score (nSPS) is 17.0. The van der Waals surface area contributed by atoms with Crippen molar-refractivity contribution in [3.8, 4) is 0 Å².